The van der Waals surface area contributed by atoms with E-state index in [9.17, 15) is 9.00 Å². The van der Waals surface area contributed by atoms with Crippen LogP contribution in [0.3, 0.4) is 0 Å². The number of aromatic nitrogens is 1. The molecule has 22 heavy (non-hydrogen) atoms. The number of hydrogen-bond acceptors (Lipinski definition) is 4. The van der Waals surface area contributed by atoms with Gasteiger partial charge in [0.25, 0.3) is 0 Å². The van der Waals surface area contributed by atoms with Crippen LogP contribution in [0.4, 0.5) is 5.69 Å². The van der Waals surface area contributed by atoms with Crippen molar-refractivity contribution in [2.75, 3.05) is 11.1 Å². The Morgan fingerprint density at radius 1 is 1.32 bits per heavy atom. The summed E-state index contributed by atoms with van der Waals surface area (Å²) in [5, 5.41) is 5.72. The van der Waals surface area contributed by atoms with Gasteiger partial charge in [0.15, 0.2) is 0 Å². The minimum Gasteiger partial charge on any atom is -0.325 e. The summed E-state index contributed by atoms with van der Waals surface area (Å²) in [5.74, 6) is 0.450. The quantitative estimate of drug-likeness (QED) is 0.879. The number of nitrogens with one attached hydrogen (secondary N) is 1. The lowest BCUT2D eigenvalue weighted by molar-refractivity contribution is -0.113. The Kier molecular flexibility index (Phi) is 5.85. The lowest BCUT2D eigenvalue weighted by Gasteiger charge is -2.05. The van der Waals surface area contributed by atoms with E-state index in [0.717, 1.165) is 22.0 Å². The number of aryl methyl sites for hydroxylation is 1. The van der Waals surface area contributed by atoms with Crippen molar-refractivity contribution in [3.8, 4) is 0 Å². The Bertz CT molecular complexity index is 663. The van der Waals surface area contributed by atoms with Crippen LogP contribution in [0.2, 0.25) is 0 Å². The van der Waals surface area contributed by atoms with Gasteiger partial charge in [-0.25, -0.2) is 4.98 Å². The van der Waals surface area contributed by atoms with Crippen LogP contribution >= 0.6 is 11.3 Å². The summed E-state index contributed by atoms with van der Waals surface area (Å²) < 4.78 is 12.1. The Labute approximate surface area is 137 Å². The van der Waals surface area contributed by atoms with E-state index in [0.29, 0.717) is 11.7 Å². The number of nitrogens with zero attached hydrogens (tertiary/aromatic N) is 1. The van der Waals surface area contributed by atoms with E-state index in [1.54, 1.807) is 11.3 Å². The standard InChI is InChI=1S/C16H20N2O2S2/c1-11(2)16-18-14(8-21-16)9-22(20)10-15(19)17-13-6-4-12(3)5-7-13/h4-8,11H,9-10H2,1-3H3,(H,17,19)/t22-/m1/s1. The van der Waals surface area contributed by atoms with Crippen LogP contribution in [0, 0.1) is 6.92 Å². The van der Waals surface area contributed by atoms with Gasteiger partial charge in [0, 0.05) is 27.8 Å². The van der Waals surface area contributed by atoms with Crippen molar-refractivity contribution >= 4 is 33.7 Å². The summed E-state index contributed by atoms with van der Waals surface area (Å²) in [4.78, 5) is 16.3. The first kappa shape index (κ1) is 16.8. The first-order valence-corrected chi connectivity index (χ1v) is 9.46. The number of benzene rings is 1. The molecule has 0 aliphatic heterocycles. The maximum absolute atomic E-state index is 12.1. The molecule has 4 nitrogen and oxygen atoms in total. The van der Waals surface area contributed by atoms with Crippen molar-refractivity contribution in [3.63, 3.8) is 0 Å². The molecule has 0 saturated carbocycles. The Balaban J connectivity index is 1.85. The Hall–Kier alpha value is -1.53. The molecule has 0 aliphatic carbocycles. The van der Waals surface area contributed by atoms with Gasteiger partial charge in [-0.1, -0.05) is 31.5 Å². The zero-order chi connectivity index (χ0) is 16.1. The number of hydrogen-bond donors (Lipinski definition) is 1. The van der Waals surface area contributed by atoms with Crippen LogP contribution in [-0.2, 0) is 21.3 Å². The number of carbonyl (C=O) groups excluding carboxylic acids is 1. The molecule has 1 amide bonds. The third kappa shape index (κ3) is 5.03. The number of thiazole rings is 1. The summed E-state index contributed by atoms with van der Waals surface area (Å²) >= 11 is 1.58. The van der Waals surface area contributed by atoms with Gasteiger partial charge in [0.2, 0.25) is 5.91 Å². The van der Waals surface area contributed by atoms with Gasteiger partial charge in [0.1, 0.15) is 5.75 Å². The lowest BCUT2D eigenvalue weighted by Crippen LogP contribution is -2.20. The maximum Gasteiger partial charge on any atom is 0.237 e. The molecule has 0 fully saturated rings. The summed E-state index contributed by atoms with van der Waals surface area (Å²) in [6.45, 7) is 6.14. The molecule has 2 aromatic rings. The average Bonchev–Trinajstić information content (AvgIpc) is 2.89. The second-order valence-corrected chi connectivity index (χ2v) is 7.82. The van der Waals surface area contributed by atoms with Gasteiger partial charge in [-0.2, -0.15) is 0 Å². The molecular weight excluding hydrogens is 316 g/mol. The van der Waals surface area contributed by atoms with Crippen LogP contribution < -0.4 is 5.32 Å². The second-order valence-electron chi connectivity index (χ2n) is 5.47. The highest BCUT2D eigenvalue weighted by Gasteiger charge is 2.12. The van der Waals surface area contributed by atoms with Crippen LogP contribution in [0.25, 0.3) is 0 Å². The zero-order valence-electron chi connectivity index (χ0n) is 13.0. The van der Waals surface area contributed by atoms with Gasteiger partial charge >= 0.3 is 0 Å². The molecule has 0 spiro atoms. The zero-order valence-corrected chi connectivity index (χ0v) is 14.6. The van der Waals surface area contributed by atoms with Crippen molar-refractivity contribution < 1.29 is 9.00 Å². The second kappa shape index (κ2) is 7.65. The summed E-state index contributed by atoms with van der Waals surface area (Å²) in [5.41, 5.74) is 2.66. The molecule has 0 aliphatic rings. The molecule has 1 aromatic carbocycles. The molecule has 1 N–H and O–H groups in total. The van der Waals surface area contributed by atoms with Gasteiger partial charge in [0.05, 0.1) is 16.5 Å². The van der Waals surface area contributed by atoms with E-state index < -0.39 is 10.8 Å². The minimum atomic E-state index is -1.25. The van der Waals surface area contributed by atoms with E-state index in [-0.39, 0.29) is 11.7 Å². The SMILES string of the molecule is Cc1ccc(NC(=O)C[S@](=O)Cc2csc(C(C)C)n2)cc1. The highest BCUT2D eigenvalue weighted by atomic mass is 32.2. The first-order chi connectivity index (χ1) is 10.4. The van der Waals surface area contributed by atoms with Crippen molar-refractivity contribution in [2.24, 2.45) is 0 Å². The smallest absolute Gasteiger partial charge is 0.237 e. The van der Waals surface area contributed by atoms with Gasteiger partial charge in [-0.3, -0.25) is 9.00 Å². The summed E-state index contributed by atoms with van der Waals surface area (Å²) in [7, 11) is -1.25. The van der Waals surface area contributed by atoms with Crippen LogP contribution in [0.5, 0.6) is 0 Å². The minimum absolute atomic E-state index is 0.0115. The number of anilines is 1. The highest BCUT2D eigenvalue weighted by Crippen LogP contribution is 2.20. The van der Waals surface area contributed by atoms with Gasteiger partial charge < -0.3 is 5.32 Å². The van der Waals surface area contributed by atoms with Crippen molar-refractivity contribution in [2.45, 2.75) is 32.4 Å². The van der Waals surface area contributed by atoms with E-state index in [2.05, 4.69) is 24.1 Å². The predicted molar refractivity (Wildman–Crippen MR) is 92.7 cm³/mol. The third-order valence-electron chi connectivity index (χ3n) is 3.00. The van der Waals surface area contributed by atoms with Crippen molar-refractivity contribution in [1.82, 2.24) is 4.98 Å². The van der Waals surface area contributed by atoms with Crippen molar-refractivity contribution in [3.05, 3.63) is 45.9 Å². The molecule has 0 bridgehead atoms. The van der Waals surface area contributed by atoms with E-state index in [1.165, 1.54) is 0 Å². The first-order valence-electron chi connectivity index (χ1n) is 7.10. The van der Waals surface area contributed by atoms with Gasteiger partial charge in [-0.05, 0) is 19.1 Å². The Morgan fingerprint density at radius 2 is 2.00 bits per heavy atom. The molecule has 118 valence electrons. The van der Waals surface area contributed by atoms with Crippen molar-refractivity contribution in [1.29, 1.82) is 0 Å². The predicted octanol–water partition coefficient (Wildman–Crippen LogP) is 3.46. The molecule has 1 atom stereocenters. The van der Waals surface area contributed by atoms with E-state index in [4.69, 9.17) is 0 Å². The van der Waals surface area contributed by atoms with E-state index >= 15 is 0 Å². The maximum atomic E-state index is 12.1. The summed E-state index contributed by atoms with van der Waals surface area (Å²) in [6, 6.07) is 7.53. The summed E-state index contributed by atoms with van der Waals surface area (Å²) in [6.07, 6.45) is 0. The largest absolute Gasteiger partial charge is 0.325 e. The third-order valence-corrected chi connectivity index (χ3v) is 5.40. The fraction of sp³-hybridized carbons (Fsp3) is 0.375. The number of carbonyl (C=O) groups is 1. The number of rotatable bonds is 6. The fourth-order valence-electron chi connectivity index (χ4n) is 1.85. The van der Waals surface area contributed by atoms with Crippen LogP contribution in [0.15, 0.2) is 29.6 Å². The average molecular weight is 336 g/mol. The molecule has 1 heterocycles. The van der Waals surface area contributed by atoms with E-state index in [1.807, 2.05) is 36.6 Å². The topological polar surface area (TPSA) is 59.1 Å². The van der Waals surface area contributed by atoms with Crippen LogP contribution in [0.1, 0.15) is 36.0 Å². The highest BCUT2D eigenvalue weighted by molar-refractivity contribution is 7.84. The molecular formula is C16H20N2O2S2. The molecule has 1 aromatic heterocycles. The Morgan fingerprint density at radius 3 is 2.59 bits per heavy atom. The molecule has 6 heteroatoms. The molecule has 0 saturated heterocycles. The number of amides is 1. The molecule has 2 rings (SSSR count). The van der Waals surface area contributed by atoms with Crippen LogP contribution in [-0.4, -0.2) is 20.9 Å². The fourth-order valence-corrected chi connectivity index (χ4v) is 3.74. The monoisotopic (exact) mass is 336 g/mol. The normalized spacial score (nSPS) is 12.4. The molecule has 0 radical (unpaired) electrons. The van der Waals surface area contributed by atoms with Gasteiger partial charge in [-0.15, -0.1) is 11.3 Å². The molecule has 0 unspecified atom stereocenters. The lowest BCUT2D eigenvalue weighted by atomic mass is 10.2.